The van der Waals surface area contributed by atoms with Gasteiger partial charge in [-0.15, -0.1) is 0 Å². The Bertz CT molecular complexity index is 981. The molecule has 0 bridgehead atoms. The van der Waals surface area contributed by atoms with Crippen molar-refractivity contribution in [3.8, 4) is 0 Å². The summed E-state index contributed by atoms with van der Waals surface area (Å²) in [5, 5.41) is 1.81. The molecular formula is C18H17ClF6N6O. The third kappa shape index (κ3) is 8.41. The first-order chi connectivity index (χ1) is 14.6. The summed E-state index contributed by atoms with van der Waals surface area (Å²) in [6, 6.07) is 0.737. The molecule has 0 heterocycles. The van der Waals surface area contributed by atoms with Crippen molar-refractivity contribution in [2.75, 3.05) is 0 Å². The predicted octanol–water partition coefficient (Wildman–Crippen LogP) is 3.81. The van der Waals surface area contributed by atoms with Gasteiger partial charge >= 0.3 is 12.4 Å². The van der Waals surface area contributed by atoms with Crippen LogP contribution in [0.2, 0.25) is 5.02 Å². The Labute approximate surface area is 183 Å². The summed E-state index contributed by atoms with van der Waals surface area (Å²) < 4.78 is 77.2. The number of nitrogens with one attached hydrogen (secondary N) is 1. The molecule has 0 unspecified atom stereocenters. The molecule has 1 rings (SSSR count). The minimum Gasteiger partial charge on any atom is -0.405 e. The van der Waals surface area contributed by atoms with E-state index in [4.69, 9.17) is 23.1 Å². The van der Waals surface area contributed by atoms with Crippen LogP contribution in [0, 0.1) is 0 Å². The topological polar surface area (TPSA) is 118 Å². The van der Waals surface area contributed by atoms with Crippen LogP contribution in [0.15, 0.2) is 57.9 Å². The number of allylic oxidation sites excluding steroid dienone is 1. The molecule has 7 nitrogen and oxygen atoms in total. The first kappa shape index (κ1) is 26.7. The molecule has 1 aromatic rings. The fourth-order valence-electron chi connectivity index (χ4n) is 1.97. The van der Waals surface area contributed by atoms with Crippen molar-refractivity contribution >= 4 is 35.4 Å². The van der Waals surface area contributed by atoms with Gasteiger partial charge in [0.25, 0.3) is 5.91 Å². The van der Waals surface area contributed by atoms with Crippen molar-refractivity contribution in [2.24, 2.45) is 26.4 Å². The van der Waals surface area contributed by atoms with E-state index in [2.05, 4.69) is 26.9 Å². The van der Waals surface area contributed by atoms with E-state index in [0.29, 0.717) is 12.1 Å². The van der Waals surface area contributed by atoms with Crippen molar-refractivity contribution < 1.29 is 31.1 Å². The molecule has 0 aliphatic rings. The van der Waals surface area contributed by atoms with Gasteiger partial charge in [0.15, 0.2) is 5.84 Å². The van der Waals surface area contributed by atoms with Gasteiger partial charge < -0.3 is 16.8 Å². The zero-order valence-corrected chi connectivity index (χ0v) is 17.1. The molecule has 0 aliphatic carbocycles. The molecule has 1 aromatic carbocycles. The van der Waals surface area contributed by atoms with E-state index in [-0.39, 0.29) is 10.8 Å². The van der Waals surface area contributed by atoms with E-state index in [1.165, 1.54) is 13.0 Å². The molecule has 0 radical (unpaired) electrons. The Morgan fingerprint density at radius 2 is 1.81 bits per heavy atom. The number of hydrogen-bond donors (Lipinski definition) is 3. The molecule has 32 heavy (non-hydrogen) atoms. The van der Waals surface area contributed by atoms with Crippen molar-refractivity contribution in [3.63, 3.8) is 0 Å². The molecule has 1 atom stereocenters. The number of aliphatic imine (C=N–C) groups is 3. The number of nitrogens with two attached hydrogens (primary N) is 2. The van der Waals surface area contributed by atoms with Crippen LogP contribution in [0.3, 0.4) is 0 Å². The molecule has 1 amide bonds. The fraction of sp³-hybridized carbons (Fsp3) is 0.222. The summed E-state index contributed by atoms with van der Waals surface area (Å²) in [7, 11) is 0. The number of hydrogen-bond acceptors (Lipinski definition) is 4. The third-order valence-electron chi connectivity index (χ3n) is 3.41. The van der Waals surface area contributed by atoms with Crippen molar-refractivity contribution in [1.82, 2.24) is 5.32 Å². The summed E-state index contributed by atoms with van der Waals surface area (Å²) >= 11 is 5.64. The molecule has 174 valence electrons. The first-order valence-electron chi connectivity index (χ1n) is 8.43. The number of rotatable bonds is 6. The summed E-state index contributed by atoms with van der Waals surface area (Å²) in [5.74, 6) is -3.84. The maximum absolute atomic E-state index is 12.9. The molecule has 5 N–H and O–H groups in total. The van der Waals surface area contributed by atoms with E-state index in [1.54, 1.807) is 0 Å². The lowest BCUT2D eigenvalue weighted by Crippen LogP contribution is -2.40. The van der Waals surface area contributed by atoms with E-state index < -0.39 is 47.1 Å². The third-order valence-corrected chi connectivity index (χ3v) is 3.63. The van der Waals surface area contributed by atoms with Gasteiger partial charge in [-0.1, -0.05) is 18.2 Å². The first-order valence-corrected chi connectivity index (χ1v) is 8.81. The van der Waals surface area contributed by atoms with Crippen LogP contribution < -0.4 is 16.8 Å². The monoisotopic (exact) mass is 482 g/mol. The fourth-order valence-corrected chi connectivity index (χ4v) is 2.21. The highest BCUT2D eigenvalue weighted by molar-refractivity contribution is 6.31. The van der Waals surface area contributed by atoms with Gasteiger partial charge in [-0.05, 0) is 37.4 Å². The van der Waals surface area contributed by atoms with E-state index in [9.17, 15) is 31.1 Å². The van der Waals surface area contributed by atoms with Crippen LogP contribution in [0.25, 0.3) is 0 Å². The van der Waals surface area contributed by atoms with Crippen LogP contribution >= 0.6 is 11.6 Å². The van der Waals surface area contributed by atoms with Crippen LogP contribution in [-0.2, 0) is 6.18 Å². The second-order valence-corrected chi connectivity index (χ2v) is 6.40. The number of amides is 1. The lowest BCUT2D eigenvalue weighted by Gasteiger charge is -2.16. The van der Waals surface area contributed by atoms with Crippen molar-refractivity contribution in [2.45, 2.75) is 25.3 Å². The Kier molecular flexibility index (Phi) is 9.00. The Morgan fingerprint density at radius 1 is 1.19 bits per heavy atom. The minimum absolute atomic E-state index is 0.319. The SMILES string of the molecule is C=C(N=C/C=C\N)N=C(N=C(N)C(F)(F)F)[C@H](C)NC(=O)c1cc(Cl)cc(C(F)(F)F)c1. The highest BCUT2D eigenvalue weighted by Crippen LogP contribution is 2.32. The van der Waals surface area contributed by atoms with E-state index in [0.717, 1.165) is 18.5 Å². The number of nitrogens with zero attached hydrogens (tertiary/aromatic N) is 3. The number of amidine groups is 2. The maximum Gasteiger partial charge on any atom is 0.449 e. The van der Waals surface area contributed by atoms with Gasteiger partial charge in [0.1, 0.15) is 5.82 Å². The highest BCUT2D eigenvalue weighted by atomic mass is 35.5. The van der Waals surface area contributed by atoms with Crippen molar-refractivity contribution in [3.05, 3.63) is 59.0 Å². The summed E-state index contributed by atoms with van der Waals surface area (Å²) in [6.07, 6.45) is -6.27. The van der Waals surface area contributed by atoms with Gasteiger partial charge in [-0.2, -0.15) is 26.3 Å². The number of carbonyl (C=O) groups excluding carboxylic acids is 1. The molecule has 0 aromatic heterocycles. The largest absolute Gasteiger partial charge is 0.449 e. The lowest BCUT2D eigenvalue weighted by atomic mass is 10.1. The van der Waals surface area contributed by atoms with Crippen LogP contribution in [-0.4, -0.2) is 36.0 Å². The molecule has 0 saturated heterocycles. The average molecular weight is 483 g/mol. The van der Waals surface area contributed by atoms with E-state index >= 15 is 0 Å². The van der Waals surface area contributed by atoms with E-state index in [1.807, 2.05) is 0 Å². The second-order valence-electron chi connectivity index (χ2n) is 5.97. The lowest BCUT2D eigenvalue weighted by molar-refractivity contribution is -0.137. The maximum atomic E-state index is 12.9. The number of halogens is 7. The van der Waals surface area contributed by atoms with Crippen LogP contribution in [0.1, 0.15) is 22.8 Å². The zero-order chi connectivity index (χ0) is 24.7. The molecule has 0 spiro atoms. The Balaban J connectivity index is 3.28. The number of alkyl halides is 6. The predicted molar refractivity (Wildman–Crippen MR) is 109 cm³/mol. The molecule has 14 heteroatoms. The summed E-state index contributed by atoms with van der Waals surface area (Å²) in [5.41, 5.74) is 8.34. The molecule has 0 saturated carbocycles. The van der Waals surface area contributed by atoms with Gasteiger partial charge in [-0.25, -0.2) is 15.0 Å². The summed E-state index contributed by atoms with van der Waals surface area (Å²) in [6.45, 7) is 4.58. The van der Waals surface area contributed by atoms with Gasteiger partial charge in [-0.3, -0.25) is 4.79 Å². The number of carbonyl (C=O) groups is 1. The second kappa shape index (κ2) is 10.8. The van der Waals surface area contributed by atoms with Gasteiger partial charge in [0.2, 0.25) is 5.84 Å². The van der Waals surface area contributed by atoms with Crippen molar-refractivity contribution in [1.29, 1.82) is 0 Å². The number of benzene rings is 1. The minimum atomic E-state index is -5.01. The van der Waals surface area contributed by atoms with Crippen LogP contribution in [0.5, 0.6) is 0 Å². The Hall–Kier alpha value is -3.35. The van der Waals surface area contributed by atoms with Crippen LogP contribution in [0.4, 0.5) is 26.3 Å². The van der Waals surface area contributed by atoms with Gasteiger partial charge in [0, 0.05) is 16.8 Å². The molecular weight excluding hydrogens is 466 g/mol. The molecule has 0 aliphatic heterocycles. The Morgan fingerprint density at radius 3 is 2.34 bits per heavy atom. The quantitative estimate of drug-likeness (QED) is 0.325. The smallest absolute Gasteiger partial charge is 0.405 e. The zero-order valence-electron chi connectivity index (χ0n) is 16.3. The van der Waals surface area contributed by atoms with Gasteiger partial charge in [0.05, 0.1) is 11.6 Å². The average Bonchev–Trinajstić information content (AvgIpc) is 2.65. The summed E-state index contributed by atoms with van der Waals surface area (Å²) in [4.78, 5) is 22.9. The molecule has 0 fully saturated rings. The standard InChI is InChI=1S/C18H17ClF6N6O/c1-9(29-15(32)11-6-12(17(20,21)22)8-13(19)7-11)14(31-16(27)18(23,24)25)30-10(2)28-5-3-4-26/h3-9H,2,26H2,1H3,(H,29,32)(H2,27,30,31)/b4-3-,28-5?/t9-/m0/s1. The normalized spacial score (nSPS) is 14.8. The highest BCUT2D eigenvalue weighted by Gasteiger charge is 2.35.